The summed E-state index contributed by atoms with van der Waals surface area (Å²) in [5, 5.41) is 8.01. The molecule has 3 N–H and O–H groups in total. The summed E-state index contributed by atoms with van der Waals surface area (Å²) >= 11 is 0. The van der Waals surface area contributed by atoms with E-state index in [0.29, 0.717) is 19.6 Å². The van der Waals surface area contributed by atoms with Crippen LogP contribution in [0.2, 0.25) is 0 Å². The van der Waals surface area contributed by atoms with E-state index >= 15 is 0 Å². The van der Waals surface area contributed by atoms with Crippen LogP contribution in [0.3, 0.4) is 0 Å². The molecular weight excluding hydrogens is 301 g/mol. The number of urea groups is 1. The molecule has 7 heteroatoms. The van der Waals surface area contributed by atoms with Gasteiger partial charge in [0.05, 0.1) is 6.61 Å². The molecule has 1 atom stereocenters. The molecule has 0 spiro atoms. The van der Waals surface area contributed by atoms with Gasteiger partial charge in [-0.3, -0.25) is 4.79 Å². The van der Waals surface area contributed by atoms with E-state index in [0.717, 1.165) is 12.0 Å². The zero-order chi connectivity index (χ0) is 17.1. The third kappa shape index (κ3) is 7.60. The van der Waals surface area contributed by atoms with Crippen molar-refractivity contribution < 1.29 is 18.7 Å². The lowest BCUT2D eigenvalue weighted by molar-refractivity contribution is -0.123. The number of methoxy groups -OCH3 is 1. The topological polar surface area (TPSA) is 79.5 Å². The largest absolute Gasteiger partial charge is 0.383 e. The Morgan fingerprint density at radius 1 is 1.22 bits per heavy atom. The second-order valence-electron chi connectivity index (χ2n) is 5.08. The summed E-state index contributed by atoms with van der Waals surface area (Å²) < 4.78 is 17.7. The Bertz CT molecular complexity index is 494. The van der Waals surface area contributed by atoms with E-state index in [1.807, 2.05) is 6.92 Å². The van der Waals surface area contributed by atoms with Gasteiger partial charge in [0.1, 0.15) is 11.9 Å². The summed E-state index contributed by atoms with van der Waals surface area (Å²) in [5.74, 6) is -0.560. The number of ether oxygens (including phenoxy) is 1. The van der Waals surface area contributed by atoms with Crippen molar-refractivity contribution >= 4 is 11.9 Å². The first-order valence-corrected chi connectivity index (χ1v) is 7.62. The normalized spacial score (nSPS) is 11.6. The molecule has 0 fully saturated rings. The van der Waals surface area contributed by atoms with Crippen LogP contribution in [0.5, 0.6) is 0 Å². The van der Waals surface area contributed by atoms with Crippen LogP contribution in [0.15, 0.2) is 24.3 Å². The molecule has 0 aliphatic carbocycles. The Morgan fingerprint density at radius 2 is 1.91 bits per heavy atom. The maximum Gasteiger partial charge on any atom is 0.315 e. The molecule has 128 valence electrons. The molecule has 0 radical (unpaired) electrons. The summed E-state index contributed by atoms with van der Waals surface area (Å²) in [5.41, 5.74) is 0.776. The van der Waals surface area contributed by atoms with Gasteiger partial charge in [-0.1, -0.05) is 25.5 Å². The molecule has 0 aromatic heterocycles. The van der Waals surface area contributed by atoms with Gasteiger partial charge in [0.15, 0.2) is 0 Å². The number of carbonyl (C=O) groups excluding carboxylic acids is 2. The molecule has 1 aromatic rings. The van der Waals surface area contributed by atoms with Crippen molar-refractivity contribution in [1.82, 2.24) is 16.0 Å². The highest BCUT2D eigenvalue weighted by atomic mass is 19.1. The predicted octanol–water partition coefficient (Wildman–Crippen LogP) is 1.56. The summed E-state index contributed by atoms with van der Waals surface area (Å²) in [6.45, 7) is 3.01. The first kappa shape index (κ1) is 18.9. The van der Waals surface area contributed by atoms with Crippen molar-refractivity contribution in [1.29, 1.82) is 0 Å². The Kier molecular flexibility index (Phi) is 8.67. The molecule has 0 aliphatic heterocycles. The smallest absolute Gasteiger partial charge is 0.315 e. The van der Waals surface area contributed by atoms with Gasteiger partial charge in [-0.15, -0.1) is 0 Å². The standard InChI is InChI=1S/C16H24FN3O3/c1-3-4-14(15(21)18-9-10-23-2)20-16(22)19-11-12-5-7-13(17)8-6-12/h5-8,14H,3-4,9-11H2,1-2H3,(H,18,21)(H2,19,20,22). The van der Waals surface area contributed by atoms with Crippen molar-refractivity contribution in [3.05, 3.63) is 35.6 Å². The molecular formula is C16H24FN3O3. The van der Waals surface area contributed by atoms with Gasteiger partial charge in [0.25, 0.3) is 0 Å². The second-order valence-corrected chi connectivity index (χ2v) is 5.08. The summed E-state index contributed by atoms with van der Waals surface area (Å²) in [7, 11) is 1.55. The molecule has 0 aliphatic rings. The van der Waals surface area contributed by atoms with Crippen LogP contribution < -0.4 is 16.0 Å². The average Bonchev–Trinajstić information content (AvgIpc) is 2.54. The third-order valence-electron chi connectivity index (χ3n) is 3.17. The maximum atomic E-state index is 12.8. The molecule has 23 heavy (non-hydrogen) atoms. The minimum Gasteiger partial charge on any atom is -0.383 e. The van der Waals surface area contributed by atoms with Crippen LogP contribution in [0, 0.1) is 5.82 Å². The van der Waals surface area contributed by atoms with E-state index in [1.165, 1.54) is 12.1 Å². The van der Waals surface area contributed by atoms with Crippen LogP contribution in [-0.4, -0.2) is 38.2 Å². The maximum absolute atomic E-state index is 12.8. The molecule has 6 nitrogen and oxygen atoms in total. The van der Waals surface area contributed by atoms with Crippen LogP contribution in [0.1, 0.15) is 25.3 Å². The van der Waals surface area contributed by atoms with E-state index < -0.39 is 12.1 Å². The quantitative estimate of drug-likeness (QED) is 0.603. The number of rotatable bonds is 9. The fraction of sp³-hybridized carbons (Fsp3) is 0.500. The average molecular weight is 325 g/mol. The first-order valence-electron chi connectivity index (χ1n) is 7.62. The molecule has 1 aromatic carbocycles. The molecule has 1 unspecified atom stereocenters. The lowest BCUT2D eigenvalue weighted by atomic mass is 10.1. The Balaban J connectivity index is 2.43. The van der Waals surface area contributed by atoms with Gasteiger partial charge in [-0.05, 0) is 24.1 Å². The number of amides is 3. The fourth-order valence-electron chi connectivity index (χ4n) is 1.95. The van der Waals surface area contributed by atoms with Gasteiger partial charge in [-0.25, -0.2) is 9.18 Å². The summed E-state index contributed by atoms with van der Waals surface area (Å²) in [4.78, 5) is 23.9. The molecule has 0 saturated heterocycles. The highest BCUT2D eigenvalue weighted by molar-refractivity contribution is 5.86. The van der Waals surface area contributed by atoms with Crippen molar-refractivity contribution in [2.45, 2.75) is 32.4 Å². The van der Waals surface area contributed by atoms with E-state index in [-0.39, 0.29) is 18.3 Å². The summed E-state index contributed by atoms with van der Waals surface area (Å²) in [6.07, 6.45) is 1.31. The highest BCUT2D eigenvalue weighted by Gasteiger charge is 2.19. The van der Waals surface area contributed by atoms with E-state index in [9.17, 15) is 14.0 Å². The van der Waals surface area contributed by atoms with Crippen molar-refractivity contribution in [3.8, 4) is 0 Å². The van der Waals surface area contributed by atoms with Crippen molar-refractivity contribution in [2.75, 3.05) is 20.3 Å². The molecule has 0 saturated carbocycles. The Labute approximate surface area is 135 Å². The van der Waals surface area contributed by atoms with Crippen LogP contribution in [-0.2, 0) is 16.1 Å². The first-order chi connectivity index (χ1) is 11.1. The van der Waals surface area contributed by atoms with Gasteiger partial charge in [0, 0.05) is 20.2 Å². The number of halogens is 1. The monoisotopic (exact) mass is 325 g/mol. The highest BCUT2D eigenvalue weighted by Crippen LogP contribution is 2.02. The van der Waals surface area contributed by atoms with Crippen molar-refractivity contribution in [2.24, 2.45) is 0 Å². The van der Waals surface area contributed by atoms with E-state index in [2.05, 4.69) is 16.0 Å². The number of benzene rings is 1. The number of hydrogen-bond donors (Lipinski definition) is 3. The lowest BCUT2D eigenvalue weighted by Gasteiger charge is -2.18. The minimum atomic E-state index is -0.593. The fourth-order valence-corrected chi connectivity index (χ4v) is 1.95. The van der Waals surface area contributed by atoms with Crippen LogP contribution in [0.25, 0.3) is 0 Å². The zero-order valence-corrected chi connectivity index (χ0v) is 13.5. The van der Waals surface area contributed by atoms with E-state index in [1.54, 1.807) is 19.2 Å². The van der Waals surface area contributed by atoms with E-state index in [4.69, 9.17) is 4.74 Å². The number of nitrogens with one attached hydrogen (secondary N) is 3. The Morgan fingerprint density at radius 3 is 2.52 bits per heavy atom. The SMILES string of the molecule is CCCC(NC(=O)NCc1ccc(F)cc1)C(=O)NCCOC. The van der Waals surface area contributed by atoms with Gasteiger partial charge < -0.3 is 20.7 Å². The van der Waals surface area contributed by atoms with Gasteiger partial charge >= 0.3 is 6.03 Å². The third-order valence-corrected chi connectivity index (χ3v) is 3.17. The Hall–Kier alpha value is -2.15. The molecule has 0 heterocycles. The zero-order valence-electron chi connectivity index (χ0n) is 13.5. The molecule has 3 amide bonds. The predicted molar refractivity (Wildman–Crippen MR) is 85.4 cm³/mol. The lowest BCUT2D eigenvalue weighted by Crippen LogP contribution is -2.50. The second kappa shape index (κ2) is 10.6. The van der Waals surface area contributed by atoms with Crippen LogP contribution in [0.4, 0.5) is 9.18 Å². The number of hydrogen-bond acceptors (Lipinski definition) is 3. The van der Waals surface area contributed by atoms with Gasteiger partial charge in [0.2, 0.25) is 5.91 Å². The van der Waals surface area contributed by atoms with Gasteiger partial charge in [-0.2, -0.15) is 0 Å². The summed E-state index contributed by atoms with van der Waals surface area (Å²) in [6, 6.07) is 4.82. The molecule has 0 bridgehead atoms. The minimum absolute atomic E-state index is 0.235. The molecule has 1 rings (SSSR count). The van der Waals surface area contributed by atoms with Crippen LogP contribution >= 0.6 is 0 Å². The van der Waals surface area contributed by atoms with Crippen molar-refractivity contribution in [3.63, 3.8) is 0 Å². The number of carbonyl (C=O) groups is 2.